The summed E-state index contributed by atoms with van der Waals surface area (Å²) in [7, 11) is -1.79. The van der Waals surface area contributed by atoms with Crippen molar-refractivity contribution in [2.45, 2.75) is 24.3 Å². The number of thiazole rings is 1. The van der Waals surface area contributed by atoms with Crippen LogP contribution in [0.2, 0.25) is 0 Å². The molecule has 1 saturated heterocycles. The van der Waals surface area contributed by atoms with Crippen LogP contribution in [0.1, 0.15) is 18.4 Å². The molecule has 2 heterocycles. The zero-order chi connectivity index (χ0) is 24.3. The fourth-order valence-corrected chi connectivity index (χ4v) is 6.66. The van der Waals surface area contributed by atoms with Crippen molar-refractivity contribution in [1.82, 2.24) is 8.87 Å². The Bertz CT molecular complexity index is 1450. The van der Waals surface area contributed by atoms with Gasteiger partial charge in [0.15, 0.2) is 4.80 Å². The normalized spacial score (nSPS) is 14.9. The molecule has 0 saturated carbocycles. The van der Waals surface area contributed by atoms with E-state index in [4.69, 9.17) is 9.73 Å². The molecule has 1 aliphatic rings. The standard InChI is InChI=1S/C27H27N3O3S2/c1-33-24-13-11-23(12-14-24)28-27-30(19-21-7-3-2-4-8-21)26(20-34-27)22-9-15-25(16-10-22)35(31,32)29-17-5-6-18-29/h2-4,7-16,20H,5-6,17-19H2,1H3. The van der Waals surface area contributed by atoms with Gasteiger partial charge in [-0.15, -0.1) is 11.3 Å². The van der Waals surface area contributed by atoms with Gasteiger partial charge in [-0.2, -0.15) is 4.31 Å². The van der Waals surface area contributed by atoms with Crippen LogP contribution < -0.4 is 9.54 Å². The number of rotatable bonds is 7. The van der Waals surface area contributed by atoms with Gasteiger partial charge in [0.25, 0.3) is 0 Å². The van der Waals surface area contributed by atoms with E-state index >= 15 is 0 Å². The third kappa shape index (κ3) is 5.10. The number of methoxy groups -OCH3 is 1. The molecule has 0 aliphatic carbocycles. The first kappa shape index (κ1) is 23.5. The number of benzene rings is 3. The Morgan fingerprint density at radius 3 is 2.26 bits per heavy atom. The molecule has 0 bridgehead atoms. The van der Waals surface area contributed by atoms with Gasteiger partial charge in [-0.25, -0.2) is 13.4 Å². The van der Waals surface area contributed by atoms with Gasteiger partial charge in [-0.3, -0.25) is 0 Å². The number of hydrogen-bond donors (Lipinski definition) is 0. The maximum absolute atomic E-state index is 12.9. The zero-order valence-corrected chi connectivity index (χ0v) is 21.1. The number of aromatic nitrogens is 1. The summed E-state index contributed by atoms with van der Waals surface area (Å²) >= 11 is 1.56. The van der Waals surface area contributed by atoms with Crippen molar-refractivity contribution in [3.8, 4) is 17.0 Å². The minimum atomic E-state index is -3.44. The Morgan fingerprint density at radius 2 is 1.60 bits per heavy atom. The molecule has 0 spiro atoms. The molecule has 4 aromatic rings. The van der Waals surface area contributed by atoms with Gasteiger partial charge < -0.3 is 9.30 Å². The van der Waals surface area contributed by atoms with Crippen LogP contribution >= 0.6 is 11.3 Å². The van der Waals surface area contributed by atoms with Crippen molar-refractivity contribution in [3.63, 3.8) is 0 Å². The molecule has 180 valence electrons. The third-order valence-electron chi connectivity index (χ3n) is 6.13. The van der Waals surface area contributed by atoms with Crippen molar-refractivity contribution in [2.75, 3.05) is 20.2 Å². The Labute approximate surface area is 209 Å². The summed E-state index contributed by atoms with van der Waals surface area (Å²) in [4.78, 5) is 6.10. The van der Waals surface area contributed by atoms with Crippen molar-refractivity contribution >= 4 is 27.0 Å². The minimum absolute atomic E-state index is 0.344. The molecule has 1 aromatic heterocycles. The molecule has 0 amide bonds. The maximum Gasteiger partial charge on any atom is 0.243 e. The molecule has 8 heteroatoms. The van der Waals surface area contributed by atoms with E-state index in [1.165, 1.54) is 0 Å². The van der Waals surface area contributed by atoms with E-state index in [0.717, 1.165) is 45.9 Å². The molecule has 0 radical (unpaired) electrons. The van der Waals surface area contributed by atoms with Crippen molar-refractivity contribution in [3.05, 3.63) is 94.6 Å². The van der Waals surface area contributed by atoms with Crippen molar-refractivity contribution in [1.29, 1.82) is 0 Å². The highest BCUT2D eigenvalue weighted by atomic mass is 32.2. The molecule has 3 aromatic carbocycles. The average Bonchev–Trinajstić information content (AvgIpc) is 3.57. The molecule has 5 rings (SSSR count). The Morgan fingerprint density at radius 1 is 0.914 bits per heavy atom. The largest absolute Gasteiger partial charge is 0.497 e. The van der Waals surface area contributed by atoms with Crippen LogP contribution in [-0.2, 0) is 16.6 Å². The molecule has 6 nitrogen and oxygen atoms in total. The summed E-state index contributed by atoms with van der Waals surface area (Å²) < 4.78 is 34.9. The van der Waals surface area contributed by atoms with Crippen LogP contribution in [0.5, 0.6) is 5.75 Å². The van der Waals surface area contributed by atoms with Gasteiger partial charge in [-0.05, 0) is 60.4 Å². The van der Waals surface area contributed by atoms with E-state index < -0.39 is 10.0 Å². The quantitative estimate of drug-likeness (QED) is 0.343. The molecule has 0 atom stereocenters. The fourth-order valence-electron chi connectivity index (χ4n) is 4.21. The summed E-state index contributed by atoms with van der Waals surface area (Å²) in [5.74, 6) is 0.789. The molecule has 0 unspecified atom stereocenters. The van der Waals surface area contributed by atoms with Crippen LogP contribution in [0, 0.1) is 0 Å². The zero-order valence-electron chi connectivity index (χ0n) is 19.5. The van der Waals surface area contributed by atoms with E-state index in [0.29, 0.717) is 24.5 Å². The number of sulfonamides is 1. The van der Waals surface area contributed by atoms with Crippen molar-refractivity contribution in [2.24, 2.45) is 4.99 Å². The maximum atomic E-state index is 12.9. The van der Waals surface area contributed by atoms with E-state index in [9.17, 15) is 8.42 Å². The van der Waals surface area contributed by atoms with Crippen LogP contribution in [0.3, 0.4) is 0 Å². The lowest BCUT2D eigenvalue weighted by atomic mass is 10.1. The summed E-state index contributed by atoms with van der Waals surface area (Å²) in [6, 6.07) is 25.1. The molecular formula is C27H27N3O3S2. The molecule has 1 aliphatic heterocycles. The lowest BCUT2D eigenvalue weighted by Crippen LogP contribution is -2.27. The first-order chi connectivity index (χ1) is 17.0. The summed E-state index contributed by atoms with van der Waals surface area (Å²) in [6.45, 7) is 1.85. The van der Waals surface area contributed by atoms with E-state index in [2.05, 4.69) is 22.1 Å². The Balaban J connectivity index is 1.53. The van der Waals surface area contributed by atoms with Gasteiger partial charge >= 0.3 is 0 Å². The second-order valence-corrected chi connectivity index (χ2v) is 11.2. The second kappa shape index (κ2) is 10.2. The summed E-state index contributed by atoms with van der Waals surface area (Å²) in [5, 5.41) is 2.08. The third-order valence-corrected chi connectivity index (χ3v) is 8.91. The van der Waals surface area contributed by atoms with Crippen LogP contribution in [-0.4, -0.2) is 37.5 Å². The van der Waals surface area contributed by atoms with Gasteiger partial charge in [-0.1, -0.05) is 42.5 Å². The van der Waals surface area contributed by atoms with Crippen LogP contribution in [0.15, 0.2) is 94.1 Å². The monoisotopic (exact) mass is 505 g/mol. The van der Waals surface area contributed by atoms with Gasteiger partial charge in [0.05, 0.1) is 29.9 Å². The average molecular weight is 506 g/mol. The SMILES string of the molecule is COc1ccc(N=c2scc(-c3ccc(S(=O)(=O)N4CCCC4)cc3)n2Cc2ccccc2)cc1. The number of nitrogens with zero attached hydrogens (tertiary/aromatic N) is 3. The molecule has 0 N–H and O–H groups in total. The highest BCUT2D eigenvalue weighted by molar-refractivity contribution is 7.89. The highest BCUT2D eigenvalue weighted by Crippen LogP contribution is 2.26. The fraction of sp³-hybridized carbons (Fsp3) is 0.222. The predicted molar refractivity (Wildman–Crippen MR) is 139 cm³/mol. The number of ether oxygens (including phenoxy) is 1. The smallest absolute Gasteiger partial charge is 0.243 e. The van der Waals surface area contributed by atoms with E-state index in [-0.39, 0.29) is 0 Å². The Kier molecular flexibility index (Phi) is 6.86. The number of hydrogen-bond acceptors (Lipinski definition) is 5. The van der Waals surface area contributed by atoms with E-state index in [1.807, 2.05) is 54.6 Å². The predicted octanol–water partition coefficient (Wildman–Crippen LogP) is 5.29. The second-order valence-electron chi connectivity index (χ2n) is 8.42. The minimum Gasteiger partial charge on any atom is -0.497 e. The molecule has 1 fully saturated rings. The lowest BCUT2D eigenvalue weighted by molar-refractivity contribution is 0.415. The molecule has 35 heavy (non-hydrogen) atoms. The lowest BCUT2D eigenvalue weighted by Gasteiger charge is -2.16. The van der Waals surface area contributed by atoms with Crippen LogP contribution in [0.4, 0.5) is 5.69 Å². The first-order valence-corrected chi connectivity index (χ1v) is 13.9. The van der Waals surface area contributed by atoms with Gasteiger partial charge in [0.1, 0.15) is 5.75 Å². The first-order valence-electron chi connectivity index (χ1n) is 11.6. The topological polar surface area (TPSA) is 63.9 Å². The molecular weight excluding hydrogens is 478 g/mol. The van der Waals surface area contributed by atoms with Gasteiger partial charge in [0, 0.05) is 18.5 Å². The summed E-state index contributed by atoms with van der Waals surface area (Å²) in [6.07, 6.45) is 1.85. The Hall–Kier alpha value is -3.20. The highest BCUT2D eigenvalue weighted by Gasteiger charge is 2.27. The van der Waals surface area contributed by atoms with E-state index in [1.54, 1.807) is 34.9 Å². The van der Waals surface area contributed by atoms with Gasteiger partial charge in [0.2, 0.25) is 10.0 Å². The summed E-state index contributed by atoms with van der Waals surface area (Å²) in [5.41, 5.74) is 3.95. The van der Waals surface area contributed by atoms with Crippen LogP contribution in [0.25, 0.3) is 11.3 Å². The van der Waals surface area contributed by atoms with Crippen molar-refractivity contribution < 1.29 is 13.2 Å².